The van der Waals surface area contributed by atoms with Crippen molar-refractivity contribution in [3.8, 4) is 0 Å². The van der Waals surface area contributed by atoms with Gasteiger partial charge in [-0.2, -0.15) is 0 Å². The van der Waals surface area contributed by atoms with Crippen molar-refractivity contribution in [1.29, 1.82) is 0 Å². The molecule has 0 aromatic carbocycles. The highest BCUT2D eigenvalue weighted by Crippen LogP contribution is 2.42. The Morgan fingerprint density at radius 3 is 2.92 bits per heavy atom. The van der Waals surface area contributed by atoms with Crippen molar-refractivity contribution in [2.75, 3.05) is 13.1 Å². The number of rotatable bonds is 3. The number of hydrogen-bond acceptors (Lipinski definition) is 4. The second kappa shape index (κ2) is 5.93. The molecule has 2 atom stereocenters. The average molecular weight is 334 g/mol. The fraction of sp³-hybridized carbons (Fsp3) is 0.400. The Kier molecular flexibility index (Phi) is 3.57. The number of fused-ring (bicyclic) bond motifs is 5. The molecule has 0 spiro atoms. The largest absolute Gasteiger partial charge is 0.387 e. The Bertz CT molecular complexity index is 905. The van der Waals surface area contributed by atoms with E-state index in [0.29, 0.717) is 12.6 Å². The Hall–Kier alpha value is -2.24. The minimum atomic E-state index is -0.550. The van der Waals surface area contributed by atoms with E-state index in [9.17, 15) is 5.11 Å². The van der Waals surface area contributed by atoms with Crippen LogP contribution in [0, 0.1) is 0 Å². The second-order valence-corrected chi connectivity index (χ2v) is 7.09. The first-order chi connectivity index (χ1) is 12.3. The molecule has 25 heavy (non-hydrogen) atoms. The van der Waals surface area contributed by atoms with Crippen LogP contribution in [-0.4, -0.2) is 37.6 Å². The first kappa shape index (κ1) is 15.0. The molecule has 0 amide bonds. The lowest BCUT2D eigenvalue weighted by Crippen LogP contribution is -2.31. The summed E-state index contributed by atoms with van der Waals surface area (Å²) in [4.78, 5) is 11.3. The summed E-state index contributed by atoms with van der Waals surface area (Å²) < 4.78 is 2.26. The Morgan fingerprint density at radius 1 is 1.16 bits per heavy atom. The third-order valence-corrected chi connectivity index (χ3v) is 5.75. The van der Waals surface area contributed by atoms with E-state index in [0.717, 1.165) is 24.2 Å². The minimum absolute atomic E-state index is 0.523. The maximum Gasteiger partial charge on any atom is 0.140 e. The number of pyridine rings is 2. The van der Waals surface area contributed by atoms with E-state index in [-0.39, 0.29) is 0 Å². The van der Waals surface area contributed by atoms with Crippen LogP contribution in [0.15, 0.2) is 42.9 Å². The molecule has 1 fully saturated rings. The highest BCUT2D eigenvalue weighted by atomic mass is 16.3. The fourth-order valence-corrected chi connectivity index (χ4v) is 4.62. The van der Waals surface area contributed by atoms with Gasteiger partial charge in [0, 0.05) is 48.7 Å². The molecule has 5 nitrogen and oxygen atoms in total. The molecule has 0 aliphatic carbocycles. The molecule has 0 saturated carbocycles. The third-order valence-electron chi connectivity index (χ3n) is 5.75. The van der Waals surface area contributed by atoms with E-state index in [1.54, 1.807) is 12.4 Å². The molecule has 3 aromatic heterocycles. The van der Waals surface area contributed by atoms with Gasteiger partial charge in [0.25, 0.3) is 0 Å². The maximum absolute atomic E-state index is 10.8. The highest BCUT2D eigenvalue weighted by molar-refractivity contribution is 5.83. The molecule has 5 heteroatoms. The van der Waals surface area contributed by atoms with Crippen LogP contribution in [0.3, 0.4) is 0 Å². The van der Waals surface area contributed by atoms with E-state index in [1.807, 2.05) is 24.4 Å². The molecule has 5 rings (SSSR count). The van der Waals surface area contributed by atoms with E-state index >= 15 is 0 Å². The number of nitrogens with zero attached hydrogens (tertiary/aromatic N) is 4. The Morgan fingerprint density at radius 2 is 2.04 bits per heavy atom. The monoisotopic (exact) mass is 334 g/mol. The number of aliphatic hydroxyl groups excluding tert-OH is 1. The molecule has 128 valence electrons. The molecule has 2 unspecified atom stereocenters. The van der Waals surface area contributed by atoms with Gasteiger partial charge in [0.1, 0.15) is 5.65 Å². The normalized spacial score (nSPS) is 21.2. The molecule has 2 aliphatic rings. The summed E-state index contributed by atoms with van der Waals surface area (Å²) in [7, 11) is 0. The van der Waals surface area contributed by atoms with Crippen LogP contribution < -0.4 is 0 Å². The van der Waals surface area contributed by atoms with E-state index in [4.69, 9.17) is 0 Å². The molecule has 3 aromatic rings. The maximum atomic E-state index is 10.8. The van der Waals surface area contributed by atoms with Crippen molar-refractivity contribution in [3.63, 3.8) is 0 Å². The number of aromatic nitrogens is 3. The van der Waals surface area contributed by atoms with Gasteiger partial charge in [-0.1, -0.05) is 0 Å². The average Bonchev–Trinajstić information content (AvgIpc) is 3.25. The van der Waals surface area contributed by atoms with E-state index < -0.39 is 6.10 Å². The van der Waals surface area contributed by atoms with Gasteiger partial charge in [-0.25, -0.2) is 4.98 Å². The quantitative estimate of drug-likeness (QED) is 0.800. The fourth-order valence-electron chi connectivity index (χ4n) is 4.62. The van der Waals surface area contributed by atoms with Gasteiger partial charge in [0.05, 0.1) is 12.6 Å². The van der Waals surface area contributed by atoms with Crippen LogP contribution in [0.25, 0.3) is 11.0 Å². The van der Waals surface area contributed by atoms with Crippen LogP contribution >= 0.6 is 0 Å². The number of aliphatic hydroxyl groups is 1. The number of hydrogen-bond donors (Lipinski definition) is 1. The molecular weight excluding hydrogens is 312 g/mol. The van der Waals surface area contributed by atoms with Crippen LogP contribution in [0.4, 0.5) is 0 Å². The summed E-state index contributed by atoms with van der Waals surface area (Å²) in [6.07, 6.45) is 8.31. The minimum Gasteiger partial charge on any atom is -0.387 e. The van der Waals surface area contributed by atoms with Gasteiger partial charge in [-0.05, 0) is 54.8 Å². The van der Waals surface area contributed by atoms with Gasteiger partial charge in [-0.15, -0.1) is 0 Å². The van der Waals surface area contributed by atoms with Gasteiger partial charge in [-0.3, -0.25) is 9.88 Å². The summed E-state index contributed by atoms with van der Waals surface area (Å²) in [5, 5.41) is 12.0. The van der Waals surface area contributed by atoms with Gasteiger partial charge in [0.15, 0.2) is 0 Å². The van der Waals surface area contributed by atoms with Crippen LogP contribution in [0.1, 0.15) is 41.8 Å². The van der Waals surface area contributed by atoms with E-state index in [2.05, 4.69) is 25.5 Å². The summed E-state index contributed by atoms with van der Waals surface area (Å²) in [5.41, 5.74) is 4.73. The zero-order chi connectivity index (χ0) is 16.8. The first-order valence-electron chi connectivity index (χ1n) is 9.11. The lowest BCUT2D eigenvalue weighted by Gasteiger charge is -2.31. The zero-order valence-corrected chi connectivity index (χ0v) is 14.2. The van der Waals surface area contributed by atoms with Crippen molar-refractivity contribution >= 4 is 11.0 Å². The SMILES string of the molecule is OC(Cn1c2c(c3cccnc31)C1CCCN1CC2)c1ccncc1. The Balaban J connectivity index is 1.61. The predicted octanol–water partition coefficient (Wildman–Crippen LogP) is 2.86. The predicted molar refractivity (Wildman–Crippen MR) is 96.2 cm³/mol. The topological polar surface area (TPSA) is 54.2 Å². The molecule has 0 bridgehead atoms. The molecule has 2 aliphatic heterocycles. The standard InChI is InChI=1S/C20H22N4O/c25-18(14-5-9-21-10-6-14)13-24-17-7-12-23-11-2-4-16(23)19(17)15-3-1-8-22-20(15)24/h1,3,5-6,8-10,16,18,25H,2,4,7,11-13H2. The molecule has 1 saturated heterocycles. The smallest absolute Gasteiger partial charge is 0.140 e. The zero-order valence-electron chi connectivity index (χ0n) is 14.2. The molecule has 0 radical (unpaired) electrons. The first-order valence-corrected chi connectivity index (χ1v) is 9.11. The summed E-state index contributed by atoms with van der Waals surface area (Å²) in [6, 6.07) is 8.51. The van der Waals surface area contributed by atoms with Crippen LogP contribution in [0.5, 0.6) is 0 Å². The lowest BCUT2D eigenvalue weighted by atomic mass is 9.96. The van der Waals surface area contributed by atoms with Crippen LogP contribution in [-0.2, 0) is 13.0 Å². The van der Waals surface area contributed by atoms with Gasteiger partial charge < -0.3 is 9.67 Å². The molecule has 1 N–H and O–H groups in total. The molecule has 5 heterocycles. The van der Waals surface area contributed by atoms with Crippen molar-refractivity contribution in [2.24, 2.45) is 0 Å². The summed E-state index contributed by atoms with van der Waals surface area (Å²) >= 11 is 0. The molecular formula is C20H22N4O. The van der Waals surface area contributed by atoms with Crippen molar-refractivity contribution in [3.05, 3.63) is 59.7 Å². The van der Waals surface area contributed by atoms with Crippen molar-refractivity contribution < 1.29 is 5.11 Å². The third kappa shape index (κ3) is 2.38. The van der Waals surface area contributed by atoms with Crippen molar-refractivity contribution in [1.82, 2.24) is 19.4 Å². The van der Waals surface area contributed by atoms with Crippen LogP contribution in [0.2, 0.25) is 0 Å². The highest BCUT2D eigenvalue weighted by Gasteiger charge is 2.35. The van der Waals surface area contributed by atoms with Gasteiger partial charge in [0.2, 0.25) is 0 Å². The van der Waals surface area contributed by atoms with Gasteiger partial charge >= 0.3 is 0 Å². The summed E-state index contributed by atoms with van der Waals surface area (Å²) in [5.74, 6) is 0. The lowest BCUT2D eigenvalue weighted by molar-refractivity contribution is 0.155. The van der Waals surface area contributed by atoms with Crippen molar-refractivity contribution in [2.45, 2.75) is 38.0 Å². The Labute approximate surface area is 146 Å². The summed E-state index contributed by atoms with van der Waals surface area (Å²) in [6.45, 7) is 2.86. The second-order valence-electron chi connectivity index (χ2n) is 7.09. The van der Waals surface area contributed by atoms with E-state index in [1.165, 1.54) is 36.0 Å².